The van der Waals surface area contributed by atoms with Crippen molar-refractivity contribution in [1.82, 2.24) is 0 Å². The monoisotopic (exact) mass is 200 g/mol. The number of aliphatic imine (C=N–C) groups is 1. The minimum atomic E-state index is -0.138. The lowest BCUT2D eigenvalue weighted by molar-refractivity contribution is 0.602. The molecule has 0 fully saturated rings. The van der Waals surface area contributed by atoms with E-state index in [2.05, 4.69) is 24.2 Å². The van der Waals surface area contributed by atoms with Gasteiger partial charge in [0.2, 0.25) is 5.88 Å². The molecule has 76 valence electrons. The summed E-state index contributed by atoms with van der Waals surface area (Å²) in [4.78, 5) is 4.45. The van der Waals surface area contributed by atoms with Gasteiger partial charge in [-0.1, -0.05) is 12.1 Å². The normalized spacial score (nSPS) is 17.5. The summed E-state index contributed by atoms with van der Waals surface area (Å²) < 4.78 is 5.70. The lowest BCUT2D eigenvalue weighted by atomic mass is 10.1. The van der Waals surface area contributed by atoms with Crippen molar-refractivity contribution in [2.75, 3.05) is 5.32 Å². The second-order valence-corrected chi connectivity index (χ2v) is 4.38. The van der Waals surface area contributed by atoms with Gasteiger partial charge in [-0.15, -0.1) is 0 Å². The van der Waals surface area contributed by atoms with Gasteiger partial charge in [-0.3, -0.25) is 4.99 Å². The molecule has 15 heavy (non-hydrogen) atoms. The van der Waals surface area contributed by atoms with Crippen molar-refractivity contribution in [2.45, 2.75) is 19.4 Å². The molecule has 0 unspecified atom stereocenters. The molecule has 0 amide bonds. The van der Waals surface area contributed by atoms with Crippen LogP contribution in [0, 0.1) is 0 Å². The topological polar surface area (TPSA) is 37.5 Å². The Kier molecular flexibility index (Phi) is 1.49. The Hall–Kier alpha value is -1.77. The molecule has 3 rings (SSSR count). The minimum Gasteiger partial charge on any atom is -0.438 e. The first-order valence-corrected chi connectivity index (χ1v) is 5.01. The molecule has 2 heterocycles. The highest BCUT2D eigenvalue weighted by atomic mass is 16.4. The fraction of sp³-hybridized carbons (Fsp3) is 0.250. The van der Waals surface area contributed by atoms with Gasteiger partial charge < -0.3 is 9.73 Å². The number of nitrogens with zero attached hydrogens (tertiary/aromatic N) is 1. The molecular weight excluding hydrogens is 188 g/mol. The molecule has 0 radical (unpaired) electrons. The number of rotatable bonds is 0. The highest BCUT2D eigenvalue weighted by molar-refractivity contribution is 6.00. The van der Waals surface area contributed by atoms with Crippen LogP contribution in [0.5, 0.6) is 0 Å². The van der Waals surface area contributed by atoms with Crippen LogP contribution < -0.4 is 5.32 Å². The zero-order valence-electron chi connectivity index (χ0n) is 8.74. The molecule has 0 spiro atoms. The van der Waals surface area contributed by atoms with E-state index < -0.39 is 0 Å². The quantitative estimate of drug-likeness (QED) is 0.708. The van der Waals surface area contributed by atoms with E-state index in [4.69, 9.17) is 4.42 Å². The van der Waals surface area contributed by atoms with Crippen LogP contribution in [0.1, 0.15) is 13.8 Å². The van der Waals surface area contributed by atoms with Gasteiger partial charge in [-0.05, 0) is 26.0 Å². The average Bonchev–Trinajstić information content (AvgIpc) is 2.52. The molecule has 0 saturated heterocycles. The summed E-state index contributed by atoms with van der Waals surface area (Å²) in [7, 11) is 0. The van der Waals surface area contributed by atoms with E-state index in [9.17, 15) is 0 Å². The van der Waals surface area contributed by atoms with Gasteiger partial charge in [0.25, 0.3) is 0 Å². The molecule has 1 aromatic heterocycles. The van der Waals surface area contributed by atoms with Crippen LogP contribution in [0.2, 0.25) is 0 Å². The van der Waals surface area contributed by atoms with Crippen molar-refractivity contribution in [2.24, 2.45) is 4.99 Å². The van der Waals surface area contributed by atoms with Crippen LogP contribution in [0.25, 0.3) is 11.0 Å². The highest BCUT2D eigenvalue weighted by Crippen LogP contribution is 2.40. The summed E-state index contributed by atoms with van der Waals surface area (Å²) in [6.45, 7) is 4.12. The summed E-state index contributed by atoms with van der Waals surface area (Å²) in [5.74, 6) is 0.767. The maximum absolute atomic E-state index is 5.70. The first-order chi connectivity index (χ1) is 7.16. The molecule has 0 saturated carbocycles. The first-order valence-electron chi connectivity index (χ1n) is 5.01. The Morgan fingerprint density at radius 3 is 2.93 bits per heavy atom. The minimum absolute atomic E-state index is 0.138. The number of fused-ring (bicyclic) bond motifs is 3. The molecule has 0 bridgehead atoms. The van der Waals surface area contributed by atoms with Crippen LogP contribution in [-0.4, -0.2) is 11.8 Å². The average molecular weight is 200 g/mol. The van der Waals surface area contributed by atoms with E-state index >= 15 is 0 Å². The summed E-state index contributed by atoms with van der Waals surface area (Å²) >= 11 is 0. The molecule has 3 heteroatoms. The van der Waals surface area contributed by atoms with E-state index in [1.807, 2.05) is 30.5 Å². The van der Waals surface area contributed by atoms with Gasteiger partial charge >= 0.3 is 0 Å². The van der Waals surface area contributed by atoms with Gasteiger partial charge in [0.15, 0.2) is 0 Å². The van der Waals surface area contributed by atoms with Gasteiger partial charge in [0.1, 0.15) is 11.3 Å². The highest BCUT2D eigenvalue weighted by Gasteiger charge is 2.25. The Bertz CT molecular complexity index is 552. The third-order valence-electron chi connectivity index (χ3n) is 2.52. The first kappa shape index (κ1) is 8.53. The molecule has 0 aliphatic carbocycles. The standard InChI is InChI=1S/C12H12N2O/c1-12(2)7-13-10-8-5-3-4-6-9(8)15-11(10)14-12/h3-7,14H,1-2H3. The fourth-order valence-corrected chi connectivity index (χ4v) is 1.80. The Balaban J connectivity index is 2.28. The van der Waals surface area contributed by atoms with E-state index in [1.165, 1.54) is 0 Å². The maximum atomic E-state index is 5.70. The van der Waals surface area contributed by atoms with Crippen LogP contribution >= 0.6 is 0 Å². The van der Waals surface area contributed by atoms with Gasteiger partial charge in [-0.25, -0.2) is 0 Å². The Morgan fingerprint density at radius 2 is 2.07 bits per heavy atom. The molecule has 1 aliphatic heterocycles. The second kappa shape index (κ2) is 2.63. The number of nitrogens with one attached hydrogen (secondary N) is 1. The van der Waals surface area contributed by atoms with Crippen molar-refractivity contribution in [3.8, 4) is 0 Å². The van der Waals surface area contributed by atoms with Gasteiger partial charge in [-0.2, -0.15) is 0 Å². The van der Waals surface area contributed by atoms with E-state index in [0.717, 1.165) is 22.5 Å². The van der Waals surface area contributed by atoms with Crippen molar-refractivity contribution in [3.63, 3.8) is 0 Å². The molecule has 1 aliphatic rings. The van der Waals surface area contributed by atoms with E-state index in [-0.39, 0.29) is 5.54 Å². The smallest absolute Gasteiger partial charge is 0.220 e. The summed E-state index contributed by atoms with van der Waals surface area (Å²) in [5.41, 5.74) is 1.65. The Labute approximate surface area is 87.8 Å². The molecule has 1 aromatic carbocycles. The lowest BCUT2D eigenvalue weighted by Crippen LogP contribution is -2.33. The van der Waals surface area contributed by atoms with E-state index in [0.29, 0.717) is 0 Å². The largest absolute Gasteiger partial charge is 0.438 e. The van der Waals surface area contributed by atoms with Gasteiger partial charge in [0, 0.05) is 11.6 Å². The van der Waals surface area contributed by atoms with Crippen LogP contribution in [-0.2, 0) is 0 Å². The third kappa shape index (κ3) is 1.23. The number of furan rings is 1. The van der Waals surface area contributed by atoms with Crippen LogP contribution in [0.3, 0.4) is 0 Å². The number of hydrogen-bond acceptors (Lipinski definition) is 3. The Morgan fingerprint density at radius 1 is 1.27 bits per heavy atom. The fourth-order valence-electron chi connectivity index (χ4n) is 1.80. The van der Waals surface area contributed by atoms with E-state index in [1.54, 1.807) is 0 Å². The molecular formula is C12H12N2O. The molecule has 1 N–H and O–H groups in total. The predicted octanol–water partition coefficient (Wildman–Crippen LogP) is 3.34. The molecule has 2 aromatic rings. The second-order valence-electron chi connectivity index (χ2n) is 4.38. The van der Waals surface area contributed by atoms with Gasteiger partial charge in [0.05, 0.1) is 5.54 Å². The van der Waals surface area contributed by atoms with Crippen molar-refractivity contribution in [1.29, 1.82) is 0 Å². The summed E-state index contributed by atoms with van der Waals surface area (Å²) in [6.07, 6.45) is 1.91. The number of benzene rings is 1. The molecule has 3 nitrogen and oxygen atoms in total. The summed E-state index contributed by atoms with van der Waals surface area (Å²) in [6, 6.07) is 7.94. The number of anilines is 1. The summed E-state index contributed by atoms with van der Waals surface area (Å²) in [5, 5.41) is 4.37. The maximum Gasteiger partial charge on any atom is 0.220 e. The lowest BCUT2D eigenvalue weighted by Gasteiger charge is -2.24. The molecule has 0 atom stereocenters. The van der Waals surface area contributed by atoms with Crippen molar-refractivity contribution in [3.05, 3.63) is 24.3 Å². The SMILES string of the molecule is CC1(C)C=Nc2c(oc3ccccc23)N1. The van der Waals surface area contributed by atoms with Crippen LogP contribution in [0.4, 0.5) is 11.6 Å². The third-order valence-corrected chi connectivity index (χ3v) is 2.52. The number of hydrogen-bond donors (Lipinski definition) is 1. The predicted molar refractivity (Wildman–Crippen MR) is 62.1 cm³/mol. The number of para-hydroxylation sites is 1. The zero-order chi connectivity index (χ0) is 10.5. The van der Waals surface area contributed by atoms with Crippen molar-refractivity contribution < 1.29 is 4.42 Å². The van der Waals surface area contributed by atoms with Crippen LogP contribution in [0.15, 0.2) is 33.7 Å². The van der Waals surface area contributed by atoms with Crippen molar-refractivity contribution >= 4 is 28.8 Å². The zero-order valence-corrected chi connectivity index (χ0v) is 8.74.